The lowest BCUT2D eigenvalue weighted by molar-refractivity contribution is -0.224. The van der Waals surface area contributed by atoms with E-state index >= 15 is 9.90 Å². The number of nitrogens with one attached hydrogen (secondary N) is 3. The maximum Gasteiger partial charge on any atom is 0.190 e. The second kappa shape index (κ2) is 23.0. The van der Waals surface area contributed by atoms with Crippen LogP contribution in [0, 0.1) is 104 Å². The van der Waals surface area contributed by atoms with Gasteiger partial charge in [0.25, 0.3) is 0 Å². The van der Waals surface area contributed by atoms with Crippen molar-refractivity contribution in [2.45, 2.75) is 223 Å². The normalized spacial score (nSPS) is 45.5. The molecule has 2 aliphatic heterocycles. The molecule has 0 amide bonds. The molecule has 8 saturated carbocycles. The van der Waals surface area contributed by atoms with Crippen LogP contribution >= 0.6 is 21.6 Å². The lowest BCUT2D eigenvalue weighted by Gasteiger charge is -2.69. The number of carbonyl (C=O) groups excluding carboxylic acids is 1. The number of rotatable bonds is 11. The predicted octanol–water partition coefficient (Wildman–Crippen LogP) is 9.66. The minimum atomic E-state index is -1.71. The van der Waals surface area contributed by atoms with Gasteiger partial charge in [0.1, 0.15) is 6.23 Å². The standard InChI is InChI=1S/C71H109N7O7S2/c1-40(2)13-10-23-68-34-53(82)62(83)48(35-73-6)60(68)52(81)31-51-59(68)47(36-76-64(72)77-41(3)80)49-18-17-44-43-14-9-15-45-55(43)57-61(46-16-11-21-66(58(45)46)19-7-8-20-66)65(4,5)33-42(78-30-29-75-39-78)37-86-87-70(24-12-22-67(70)25-27-74-28-26-67)54-32-50(56(44)63(57)84)69(49,38-79)71(51,54)85/h29-31,39-44,47-50,53-54,56-60,62-63,73-74,79-80,82-85H,7-28,32-38H2,1-6H3,(H3,72,76,77). The van der Waals surface area contributed by atoms with E-state index in [2.05, 4.69) is 65.2 Å². The van der Waals surface area contributed by atoms with E-state index in [-0.39, 0.29) is 95.0 Å². The van der Waals surface area contributed by atoms with Crippen LogP contribution in [0.5, 0.6) is 0 Å². The number of hydrogen-bond donors (Lipinski definition) is 10. The molecule has 10 fully saturated rings. The number of aliphatic imine (C=N–C) groups is 1. The first-order valence-electron chi connectivity index (χ1n) is 35.3. The number of imidazole rings is 1. The molecule has 13 aliphatic rings. The number of nitrogens with zero attached hydrogens (tertiary/aromatic N) is 3. The summed E-state index contributed by atoms with van der Waals surface area (Å²) in [6.07, 6.45) is 26.8. The maximum absolute atomic E-state index is 16.5. The number of fused-ring (bicyclic) bond motifs is 12. The van der Waals surface area contributed by atoms with Crippen LogP contribution in [0.15, 0.2) is 57.7 Å². The first kappa shape index (κ1) is 62.2. The molecule has 4 bridgehead atoms. The molecule has 16 heteroatoms. The number of hydrogen-bond acceptors (Lipinski definition) is 13. The molecule has 1 aromatic rings. The van der Waals surface area contributed by atoms with E-state index < -0.39 is 69.4 Å². The minimum Gasteiger partial charge on any atom is -0.396 e. The summed E-state index contributed by atoms with van der Waals surface area (Å²) in [6.45, 7) is 13.3. The fraction of sp³-hybridized carbons (Fsp3) is 0.845. The molecule has 21 unspecified atom stereocenters. The predicted molar refractivity (Wildman–Crippen MR) is 346 cm³/mol. The van der Waals surface area contributed by atoms with E-state index in [1.165, 1.54) is 44.1 Å². The SMILES string of the molecule is CNCC1C(O)C(O)CC2(CCCC(C)C)C1C(=O)C=C1C2C(CN=C(N)NC(C)O)C2CCC3C4CCCC5=C4C4C(=C6CCCC7(CCCC7)C56)C(C)(C)CC(n5ccnc5)CSSC5(CCCC56CCNCC6)C5CC(C3C4O)C2(CO)C15O. The van der Waals surface area contributed by atoms with Crippen LogP contribution in [-0.2, 0) is 4.79 Å². The van der Waals surface area contributed by atoms with E-state index in [1.807, 2.05) is 36.4 Å². The molecular formula is C71H109N7O7S2. The third kappa shape index (κ3) is 9.05. The van der Waals surface area contributed by atoms with Crippen molar-refractivity contribution in [2.24, 2.45) is 115 Å². The Bertz CT molecular complexity index is 2880. The van der Waals surface area contributed by atoms with Crippen LogP contribution in [-0.4, -0.2) is 132 Å². The third-order valence-electron chi connectivity index (χ3n) is 28.3. The zero-order valence-electron chi connectivity index (χ0n) is 53.5. The fourth-order valence-corrected chi connectivity index (χ4v) is 30.2. The van der Waals surface area contributed by atoms with Crippen molar-refractivity contribution in [3.8, 4) is 0 Å². The molecule has 482 valence electrons. The molecule has 14 nitrogen and oxygen atoms in total. The van der Waals surface area contributed by atoms with Crippen molar-refractivity contribution in [1.29, 1.82) is 0 Å². The number of aromatic nitrogens is 2. The van der Waals surface area contributed by atoms with E-state index in [9.17, 15) is 25.5 Å². The Balaban J connectivity index is 1.07. The Morgan fingerprint density at radius 3 is 2.41 bits per heavy atom. The topological polar surface area (TPSA) is 231 Å². The van der Waals surface area contributed by atoms with Crippen molar-refractivity contribution < 1.29 is 35.4 Å². The summed E-state index contributed by atoms with van der Waals surface area (Å²) in [4.78, 5) is 26.5. The zero-order valence-corrected chi connectivity index (χ0v) is 55.2. The average molecular weight is 1240 g/mol. The largest absolute Gasteiger partial charge is 0.396 e. The van der Waals surface area contributed by atoms with E-state index in [1.54, 1.807) is 23.6 Å². The smallest absolute Gasteiger partial charge is 0.190 e. The lowest BCUT2D eigenvalue weighted by atomic mass is 9.37. The highest BCUT2D eigenvalue weighted by molar-refractivity contribution is 8.77. The number of allylic oxidation sites excluding steroid dienone is 3. The number of nitrogens with two attached hydrogens (primary N) is 1. The van der Waals surface area contributed by atoms with Crippen LogP contribution < -0.4 is 21.7 Å². The van der Waals surface area contributed by atoms with Gasteiger partial charge >= 0.3 is 0 Å². The Hall–Kier alpha value is -2.25. The highest BCUT2D eigenvalue weighted by Gasteiger charge is 2.83. The molecule has 3 spiro atoms. The van der Waals surface area contributed by atoms with Gasteiger partial charge in [-0.05, 0) is 223 Å². The van der Waals surface area contributed by atoms with E-state index in [0.29, 0.717) is 37.6 Å². The molecule has 0 radical (unpaired) electrons. The molecule has 21 atom stereocenters. The van der Waals surface area contributed by atoms with Gasteiger partial charge in [0.15, 0.2) is 11.7 Å². The van der Waals surface area contributed by atoms with Gasteiger partial charge in [-0.2, -0.15) is 0 Å². The van der Waals surface area contributed by atoms with Crippen LogP contribution in [0.4, 0.5) is 0 Å². The summed E-state index contributed by atoms with van der Waals surface area (Å²) < 4.78 is 1.90. The van der Waals surface area contributed by atoms with Crippen molar-refractivity contribution in [2.75, 3.05) is 45.6 Å². The molecule has 87 heavy (non-hydrogen) atoms. The fourth-order valence-electron chi connectivity index (χ4n) is 25.9. The number of piperidine rings is 1. The number of aliphatic hydroxyl groups excluding tert-OH is 5. The Kier molecular flexibility index (Phi) is 16.5. The van der Waals surface area contributed by atoms with Gasteiger partial charge in [-0.25, -0.2) is 4.98 Å². The second-order valence-corrected chi connectivity index (χ2v) is 35.3. The second-order valence-electron chi connectivity index (χ2n) is 32.6. The van der Waals surface area contributed by atoms with Crippen LogP contribution in [0.25, 0.3) is 0 Å². The summed E-state index contributed by atoms with van der Waals surface area (Å²) >= 11 is 0. The molecule has 2 saturated heterocycles. The van der Waals surface area contributed by atoms with Crippen molar-refractivity contribution in [3.05, 3.63) is 52.7 Å². The number of ketones is 1. The number of aliphatic hydroxyl groups is 6. The van der Waals surface area contributed by atoms with Gasteiger partial charge in [-0.3, -0.25) is 9.79 Å². The molecule has 11 N–H and O–H groups in total. The zero-order chi connectivity index (χ0) is 60.8. The van der Waals surface area contributed by atoms with Gasteiger partial charge in [0, 0.05) is 77.0 Å². The molecule has 3 heterocycles. The first-order valence-corrected chi connectivity index (χ1v) is 37.6. The monoisotopic (exact) mass is 1240 g/mol. The Labute approximate surface area is 527 Å². The number of carbonyl (C=O) groups is 1. The molecule has 14 rings (SSSR count). The first-order chi connectivity index (χ1) is 41.8. The van der Waals surface area contributed by atoms with Gasteiger partial charge in [-0.1, -0.05) is 104 Å². The molecule has 1 aromatic heterocycles. The van der Waals surface area contributed by atoms with Gasteiger partial charge in [0.2, 0.25) is 0 Å². The Morgan fingerprint density at radius 2 is 1.69 bits per heavy atom. The van der Waals surface area contributed by atoms with Gasteiger partial charge in [0.05, 0.1) is 36.8 Å². The summed E-state index contributed by atoms with van der Waals surface area (Å²) in [5.41, 5.74) is 10.1. The molecule has 0 aromatic carbocycles. The van der Waals surface area contributed by atoms with E-state index in [4.69, 9.17) is 15.7 Å². The average Bonchev–Trinajstić information content (AvgIpc) is 1.14. The van der Waals surface area contributed by atoms with Gasteiger partial charge in [-0.15, -0.1) is 0 Å². The van der Waals surface area contributed by atoms with Crippen molar-refractivity contribution in [3.63, 3.8) is 0 Å². The van der Waals surface area contributed by atoms with Crippen molar-refractivity contribution >= 4 is 33.3 Å². The molecule has 11 aliphatic carbocycles. The highest BCUT2D eigenvalue weighted by atomic mass is 33.1. The maximum atomic E-state index is 16.5. The molecular weight excluding hydrogens is 1130 g/mol. The van der Waals surface area contributed by atoms with Crippen LogP contribution in [0.3, 0.4) is 0 Å². The van der Waals surface area contributed by atoms with Gasteiger partial charge < -0.3 is 56.9 Å². The van der Waals surface area contributed by atoms with Crippen molar-refractivity contribution in [1.82, 2.24) is 25.5 Å². The van der Waals surface area contributed by atoms with Crippen LogP contribution in [0.1, 0.15) is 188 Å². The van der Waals surface area contributed by atoms with Crippen LogP contribution in [0.2, 0.25) is 0 Å². The van der Waals surface area contributed by atoms with E-state index in [0.717, 1.165) is 108 Å². The summed E-state index contributed by atoms with van der Waals surface area (Å²) in [6, 6.07) is 0.109. The summed E-state index contributed by atoms with van der Waals surface area (Å²) in [7, 11) is 5.95. The quantitative estimate of drug-likeness (QED) is 0.0327. The third-order valence-corrected chi connectivity index (χ3v) is 31.8. The Morgan fingerprint density at radius 1 is 0.920 bits per heavy atom. The lowest BCUT2D eigenvalue weighted by Crippen LogP contribution is -2.73. The highest BCUT2D eigenvalue weighted by Crippen LogP contribution is 2.82. The number of guanidine groups is 1. The minimum absolute atomic E-state index is 0.0821. The summed E-state index contributed by atoms with van der Waals surface area (Å²) in [5, 5.41) is 90.9. The summed E-state index contributed by atoms with van der Waals surface area (Å²) in [5.74, 6) is -1.43.